The number of anilines is 3. The first kappa shape index (κ1) is 17.7. The van der Waals surface area contributed by atoms with E-state index in [2.05, 4.69) is 20.2 Å². The largest absolute Gasteiger partial charge is 0.497 e. The van der Waals surface area contributed by atoms with Gasteiger partial charge in [0.2, 0.25) is 0 Å². The number of hydrogen-bond donors (Lipinski definition) is 2. The summed E-state index contributed by atoms with van der Waals surface area (Å²) in [5.74, 6) is 2.03. The molecule has 0 fully saturated rings. The molecule has 9 heteroatoms. The zero-order chi connectivity index (χ0) is 18.7. The monoisotopic (exact) mass is 374 g/mol. The molecule has 136 valence electrons. The van der Waals surface area contributed by atoms with Crippen LogP contribution < -0.4 is 14.8 Å². The van der Waals surface area contributed by atoms with Gasteiger partial charge in [0.1, 0.15) is 17.3 Å². The molecule has 0 saturated heterocycles. The number of ether oxygens (including phenoxy) is 1. The van der Waals surface area contributed by atoms with Crippen molar-refractivity contribution >= 4 is 27.3 Å². The SMILES string of the molecule is COc1ccc(S(=O)(=O)Nc2ccc(Nc3cc(C)on3)cn2)c(C)c1. The number of aryl methyl sites for hydroxylation is 2. The van der Waals surface area contributed by atoms with Crippen molar-refractivity contribution in [1.82, 2.24) is 10.1 Å². The molecule has 2 N–H and O–H groups in total. The van der Waals surface area contributed by atoms with Crippen molar-refractivity contribution in [3.05, 3.63) is 53.9 Å². The van der Waals surface area contributed by atoms with E-state index in [1.54, 1.807) is 44.2 Å². The van der Waals surface area contributed by atoms with Gasteiger partial charge in [0.05, 0.1) is 23.9 Å². The Morgan fingerprint density at radius 3 is 2.46 bits per heavy atom. The number of nitrogens with one attached hydrogen (secondary N) is 2. The molecule has 0 atom stereocenters. The highest BCUT2D eigenvalue weighted by atomic mass is 32.2. The predicted molar refractivity (Wildman–Crippen MR) is 97.3 cm³/mol. The van der Waals surface area contributed by atoms with Gasteiger partial charge < -0.3 is 14.6 Å². The van der Waals surface area contributed by atoms with Crippen molar-refractivity contribution in [3.8, 4) is 5.75 Å². The highest BCUT2D eigenvalue weighted by Gasteiger charge is 2.18. The summed E-state index contributed by atoms with van der Waals surface area (Å²) in [6, 6.07) is 9.75. The number of rotatable bonds is 6. The lowest BCUT2D eigenvalue weighted by molar-refractivity contribution is 0.400. The highest BCUT2D eigenvalue weighted by Crippen LogP contribution is 2.23. The van der Waals surface area contributed by atoms with Crippen LogP contribution in [-0.2, 0) is 10.0 Å². The summed E-state index contributed by atoms with van der Waals surface area (Å²) < 4.78 is 37.7. The summed E-state index contributed by atoms with van der Waals surface area (Å²) in [4.78, 5) is 4.29. The van der Waals surface area contributed by atoms with Crippen LogP contribution in [0.15, 0.2) is 52.0 Å². The molecule has 3 rings (SSSR count). The number of sulfonamides is 1. The van der Waals surface area contributed by atoms with Gasteiger partial charge in [-0.25, -0.2) is 13.4 Å². The lowest BCUT2D eigenvalue weighted by Crippen LogP contribution is -2.15. The average Bonchev–Trinajstić information content (AvgIpc) is 3.01. The maximum atomic E-state index is 12.6. The first-order chi connectivity index (χ1) is 12.4. The number of hydrogen-bond acceptors (Lipinski definition) is 7. The van der Waals surface area contributed by atoms with Crippen LogP contribution in [0.3, 0.4) is 0 Å². The second kappa shape index (κ2) is 7.04. The van der Waals surface area contributed by atoms with Crippen molar-refractivity contribution < 1.29 is 17.7 Å². The summed E-state index contributed by atoms with van der Waals surface area (Å²) in [6.45, 7) is 3.49. The van der Waals surface area contributed by atoms with Crippen LogP contribution in [-0.4, -0.2) is 25.7 Å². The minimum Gasteiger partial charge on any atom is -0.497 e. The molecule has 0 unspecified atom stereocenters. The van der Waals surface area contributed by atoms with E-state index in [0.717, 1.165) is 0 Å². The molecule has 0 spiro atoms. The summed E-state index contributed by atoms with van der Waals surface area (Å²) in [7, 11) is -2.22. The minimum atomic E-state index is -3.75. The molecular formula is C17H18N4O4S. The normalized spacial score (nSPS) is 11.2. The summed E-state index contributed by atoms with van der Waals surface area (Å²) >= 11 is 0. The maximum Gasteiger partial charge on any atom is 0.263 e. The second-order valence-electron chi connectivity index (χ2n) is 5.62. The molecule has 0 aliphatic rings. The van der Waals surface area contributed by atoms with Crippen molar-refractivity contribution in [3.63, 3.8) is 0 Å². The molecule has 0 bridgehead atoms. The summed E-state index contributed by atoms with van der Waals surface area (Å²) in [5.41, 5.74) is 1.23. The Balaban J connectivity index is 1.75. The van der Waals surface area contributed by atoms with E-state index in [4.69, 9.17) is 9.26 Å². The first-order valence-corrected chi connectivity index (χ1v) is 9.19. The lowest BCUT2D eigenvalue weighted by atomic mass is 10.2. The quantitative estimate of drug-likeness (QED) is 0.682. The third kappa shape index (κ3) is 3.94. The fraction of sp³-hybridized carbons (Fsp3) is 0.176. The van der Waals surface area contributed by atoms with E-state index in [0.29, 0.717) is 28.6 Å². The Hall–Kier alpha value is -3.07. The number of pyridine rings is 1. The third-order valence-electron chi connectivity index (χ3n) is 3.57. The topological polar surface area (TPSA) is 106 Å². The van der Waals surface area contributed by atoms with Gasteiger partial charge in [-0.05, 0) is 49.7 Å². The molecule has 1 aromatic carbocycles. The Labute approximate surface area is 151 Å². The maximum absolute atomic E-state index is 12.6. The molecule has 2 aromatic heterocycles. The number of nitrogens with zero attached hydrogens (tertiary/aromatic N) is 2. The number of aromatic nitrogens is 2. The van der Waals surface area contributed by atoms with Crippen molar-refractivity contribution in [2.75, 3.05) is 17.1 Å². The Kier molecular flexibility index (Phi) is 4.81. The molecule has 0 aliphatic heterocycles. The fourth-order valence-corrected chi connectivity index (χ4v) is 3.58. The van der Waals surface area contributed by atoms with Gasteiger partial charge in [-0.3, -0.25) is 4.72 Å². The van der Waals surface area contributed by atoms with E-state index < -0.39 is 10.0 Å². The predicted octanol–water partition coefficient (Wildman–Crippen LogP) is 3.24. The van der Waals surface area contributed by atoms with Gasteiger partial charge in [0.25, 0.3) is 10.0 Å². The molecular weight excluding hydrogens is 356 g/mol. The number of benzene rings is 1. The van der Waals surface area contributed by atoms with Crippen molar-refractivity contribution in [1.29, 1.82) is 0 Å². The first-order valence-electron chi connectivity index (χ1n) is 7.71. The Morgan fingerprint density at radius 2 is 1.88 bits per heavy atom. The van der Waals surface area contributed by atoms with Crippen LogP contribution >= 0.6 is 0 Å². The van der Waals surface area contributed by atoms with Crippen LogP contribution in [0.4, 0.5) is 17.3 Å². The Morgan fingerprint density at radius 1 is 1.08 bits per heavy atom. The average molecular weight is 374 g/mol. The van der Waals surface area contributed by atoms with E-state index in [-0.39, 0.29) is 10.7 Å². The molecule has 26 heavy (non-hydrogen) atoms. The summed E-state index contributed by atoms with van der Waals surface area (Å²) in [6.07, 6.45) is 1.50. The molecule has 2 heterocycles. The molecule has 0 radical (unpaired) electrons. The minimum absolute atomic E-state index is 0.167. The van der Waals surface area contributed by atoms with Crippen LogP contribution in [0.5, 0.6) is 5.75 Å². The zero-order valence-electron chi connectivity index (χ0n) is 14.5. The van der Waals surface area contributed by atoms with Crippen LogP contribution in [0.1, 0.15) is 11.3 Å². The van der Waals surface area contributed by atoms with E-state index in [1.807, 2.05) is 0 Å². The number of methoxy groups -OCH3 is 1. The van der Waals surface area contributed by atoms with Gasteiger partial charge in [-0.1, -0.05) is 5.16 Å². The Bertz CT molecular complexity index is 1010. The van der Waals surface area contributed by atoms with Gasteiger partial charge in [0.15, 0.2) is 5.82 Å². The zero-order valence-corrected chi connectivity index (χ0v) is 15.3. The standard InChI is InChI=1S/C17H18N4O4S/c1-11-8-14(24-3)5-6-15(11)26(22,23)21-16-7-4-13(10-18-16)19-17-9-12(2)25-20-17/h4-10H,1-3H3,(H,18,21)(H,19,20). The molecule has 0 saturated carbocycles. The van der Waals surface area contributed by atoms with Crippen molar-refractivity contribution in [2.24, 2.45) is 0 Å². The highest BCUT2D eigenvalue weighted by molar-refractivity contribution is 7.92. The van der Waals surface area contributed by atoms with E-state index >= 15 is 0 Å². The molecule has 0 aliphatic carbocycles. The van der Waals surface area contributed by atoms with Gasteiger partial charge in [-0.2, -0.15) is 0 Å². The smallest absolute Gasteiger partial charge is 0.263 e. The van der Waals surface area contributed by atoms with Crippen LogP contribution in [0, 0.1) is 13.8 Å². The fourth-order valence-electron chi connectivity index (χ4n) is 2.34. The second-order valence-corrected chi connectivity index (χ2v) is 7.27. The molecule has 3 aromatic rings. The van der Waals surface area contributed by atoms with Gasteiger partial charge in [0, 0.05) is 6.07 Å². The third-order valence-corrected chi connectivity index (χ3v) is 5.09. The van der Waals surface area contributed by atoms with E-state index in [1.165, 1.54) is 19.4 Å². The summed E-state index contributed by atoms with van der Waals surface area (Å²) in [5, 5.41) is 6.83. The van der Waals surface area contributed by atoms with Crippen LogP contribution in [0.2, 0.25) is 0 Å². The van der Waals surface area contributed by atoms with Gasteiger partial charge >= 0.3 is 0 Å². The molecule has 8 nitrogen and oxygen atoms in total. The van der Waals surface area contributed by atoms with Gasteiger partial charge in [-0.15, -0.1) is 0 Å². The van der Waals surface area contributed by atoms with Crippen molar-refractivity contribution in [2.45, 2.75) is 18.7 Å². The molecule has 0 amide bonds. The van der Waals surface area contributed by atoms with E-state index in [9.17, 15) is 8.42 Å². The lowest BCUT2D eigenvalue weighted by Gasteiger charge is -2.11. The van der Waals surface area contributed by atoms with Crippen LogP contribution in [0.25, 0.3) is 0 Å².